The molecule has 0 radical (unpaired) electrons. The van der Waals surface area contributed by atoms with Crippen LogP contribution in [-0.4, -0.2) is 19.2 Å². The van der Waals surface area contributed by atoms with Gasteiger partial charge in [-0.2, -0.15) is 0 Å². The Labute approximate surface area is 53.5 Å². The molecule has 1 aliphatic rings. The van der Waals surface area contributed by atoms with Gasteiger partial charge in [-0.25, -0.2) is 0 Å². The lowest BCUT2D eigenvalue weighted by atomic mass is 10.3. The van der Waals surface area contributed by atoms with E-state index in [1.807, 2.05) is 6.08 Å². The molecule has 0 aromatic heterocycles. The molecule has 0 saturated heterocycles. The van der Waals surface area contributed by atoms with Crippen molar-refractivity contribution in [2.75, 3.05) is 6.54 Å². The molecule has 1 heterocycles. The van der Waals surface area contributed by atoms with Crippen molar-refractivity contribution >= 4 is 12.6 Å². The molecular weight excluding hydrogens is 116 g/mol. The van der Waals surface area contributed by atoms with Gasteiger partial charge in [-0.05, 0) is 6.08 Å². The highest BCUT2D eigenvalue weighted by Gasteiger charge is 1.94. The Morgan fingerprint density at radius 2 is 2.67 bits per heavy atom. The smallest absolute Gasteiger partial charge is 0.211 e. The lowest BCUT2D eigenvalue weighted by Crippen LogP contribution is -2.12. The van der Waals surface area contributed by atoms with Crippen molar-refractivity contribution in [1.29, 1.82) is 0 Å². The van der Waals surface area contributed by atoms with Crippen LogP contribution in [0.15, 0.2) is 16.8 Å². The summed E-state index contributed by atoms with van der Waals surface area (Å²) in [5.74, 6) is 0. The molecule has 0 saturated carbocycles. The van der Waals surface area contributed by atoms with Crippen LogP contribution in [0.3, 0.4) is 0 Å². The molecule has 3 nitrogen and oxygen atoms in total. The van der Waals surface area contributed by atoms with Gasteiger partial charge in [0.1, 0.15) is 0 Å². The standard InChI is InChI=1S/C6H8N2O/c9-5-8-6-1-3-7-4-2-6/h1,4-5H,2-3H2,(H,8,9). The molecule has 0 atom stereocenters. The normalized spacial score (nSPS) is 16.7. The average molecular weight is 124 g/mol. The molecule has 1 N–H and O–H groups in total. The fourth-order valence-corrected chi connectivity index (χ4v) is 0.677. The van der Waals surface area contributed by atoms with E-state index in [1.54, 1.807) is 6.21 Å². The van der Waals surface area contributed by atoms with Crippen LogP contribution in [0.4, 0.5) is 0 Å². The van der Waals surface area contributed by atoms with Crippen LogP contribution in [0.5, 0.6) is 0 Å². The number of hydrogen-bond acceptors (Lipinski definition) is 2. The highest BCUT2D eigenvalue weighted by atomic mass is 16.1. The Morgan fingerprint density at radius 3 is 3.22 bits per heavy atom. The largest absolute Gasteiger partial charge is 0.332 e. The lowest BCUT2D eigenvalue weighted by Gasteiger charge is -2.03. The van der Waals surface area contributed by atoms with Crippen molar-refractivity contribution in [2.45, 2.75) is 6.42 Å². The number of amides is 1. The number of dihydropyridines is 1. The molecule has 0 aliphatic carbocycles. The monoisotopic (exact) mass is 124 g/mol. The van der Waals surface area contributed by atoms with E-state index in [-0.39, 0.29) is 0 Å². The predicted molar refractivity (Wildman–Crippen MR) is 35.3 cm³/mol. The van der Waals surface area contributed by atoms with Gasteiger partial charge in [-0.3, -0.25) is 9.79 Å². The maximum Gasteiger partial charge on any atom is 0.211 e. The highest BCUT2D eigenvalue weighted by molar-refractivity contribution is 5.64. The molecule has 1 aliphatic heterocycles. The Morgan fingerprint density at radius 1 is 1.78 bits per heavy atom. The Balaban J connectivity index is 2.40. The third kappa shape index (κ3) is 1.68. The first-order valence-electron chi connectivity index (χ1n) is 2.81. The van der Waals surface area contributed by atoms with E-state index >= 15 is 0 Å². The first-order valence-corrected chi connectivity index (χ1v) is 2.81. The number of carbonyl (C=O) groups is 1. The minimum atomic E-state index is 0.686. The average Bonchev–Trinajstić information content (AvgIpc) is 1.91. The van der Waals surface area contributed by atoms with E-state index in [1.165, 1.54) is 0 Å². The van der Waals surface area contributed by atoms with E-state index in [0.29, 0.717) is 13.0 Å². The second-order valence-electron chi connectivity index (χ2n) is 1.74. The van der Waals surface area contributed by atoms with Crippen molar-refractivity contribution in [3.8, 4) is 0 Å². The molecule has 0 fully saturated rings. The molecule has 48 valence electrons. The van der Waals surface area contributed by atoms with E-state index in [0.717, 1.165) is 12.1 Å². The molecule has 1 rings (SSSR count). The number of carbonyl (C=O) groups excluding carboxylic acids is 1. The van der Waals surface area contributed by atoms with Crippen molar-refractivity contribution in [2.24, 2.45) is 4.99 Å². The summed E-state index contributed by atoms with van der Waals surface area (Å²) in [5, 5.41) is 2.57. The van der Waals surface area contributed by atoms with Gasteiger partial charge in [0, 0.05) is 18.3 Å². The van der Waals surface area contributed by atoms with Gasteiger partial charge in [0.25, 0.3) is 0 Å². The zero-order chi connectivity index (χ0) is 6.53. The van der Waals surface area contributed by atoms with Gasteiger partial charge in [-0.15, -0.1) is 0 Å². The molecule has 0 aromatic rings. The SMILES string of the molecule is O=CNC1=CCN=CC1. The second kappa shape index (κ2) is 3.02. The fraction of sp³-hybridized carbons (Fsp3) is 0.333. The first kappa shape index (κ1) is 6.01. The van der Waals surface area contributed by atoms with Crippen LogP contribution in [-0.2, 0) is 4.79 Å². The fourth-order valence-electron chi connectivity index (χ4n) is 0.677. The molecule has 3 heteroatoms. The van der Waals surface area contributed by atoms with Crippen molar-refractivity contribution in [1.82, 2.24) is 5.32 Å². The molecule has 1 amide bonds. The molecule has 0 spiro atoms. The minimum absolute atomic E-state index is 0.686. The van der Waals surface area contributed by atoms with Gasteiger partial charge in [-0.1, -0.05) is 0 Å². The number of allylic oxidation sites excluding steroid dienone is 1. The van der Waals surface area contributed by atoms with E-state index in [9.17, 15) is 4.79 Å². The maximum absolute atomic E-state index is 9.88. The minimum Gasteiger partial charge on any atom is -0.332 e. The van der Waals surface area contributed by atoms with Crippen LogP contribution in [0, 0.1) is 0 Å². The predicted octanol–water partition coefficient (Wildman–Crippen LogP) is 0.0908. The zero-order valence-electron chi connectivity index (χ0n) is 5.00. The Hall–Kier alpha value is -1.12. The maximum atomic E-state index is 9.88. The first-order chi connectivity index (χ1) is 4.43. The van der Waals surface area contributed by atoms with Crippen molar-refractivity contribution < 1.29 is 4.79 Å². The molecule has 9 heavy (non-hydrogen) atoms. The summed E-state index contributed by atoms with van der Waals surface area (Å²) >= 11 is 0. The molecule has 0 unspecified atom stereocenters. The summed E-state index contributed by atoms with van der Waals surface area (Å²) < 4.78 is 0. The summed E-state index contributed by atoms with van der Waals surface area (Å²) in [6, 6.07) is 0. The van der Waals surface area contributed by atoms with Crippen LogP contribution < -0.4 is 5.32 Å². The number of nitrogens with one attached hydrogen (secondary N) is 1. The molecule has 0 bridgehead atoms. The Kier molecular flexibility index (Phi) is 2.01. The van der Waals surface area contributed by atoms with Crippen molar-refractivity contribution in [3.63, 3.8) is 0 Å². The van der Waals surface area contributed by atoms with Crippen LogP contribution in [0.2, 0.25) is 0 Å². The van der Waals surface area contributed by atoms with E-state index in [4.69, 9.17) is 0 Å². The van der Waals surface area contributed by atoms with Gasteiger partial charge in [0.05, 0.1) is 6.54 Å². The summed E-state index contributed by atoms with van der Waals surface area (Å²) in [6.45, 7) is 0.691. The number of hydrogen-bond donors (Lipinski definition) is 1. The van der Waals surface area contributed by atoms with Gasteiger partial charge in [0.2, 0.25) is 6.41 Å². The Bertz CT molecular complexity index is 156. The number of rotatable bonds is 2. The summed E-state index contributed by atoms with van der Waals surface area (Å²) in [4.78, 5) is 13.8. The number of aliphatic imine (C=N–C) groups is 1. The van der Waals surface area contributed by atoms with Gasteiger partial charge >= 0.3 is 0 Å². The topological polar surface area (TPSA) is 41.5 Å². The quantitative estimate of drug-likeness (QED) is 0.521. The van der Waals surface area contributed by atoms with Crippen LogP contribution in [0.1, 0.15) is 6.42 Å². The van der Waals surface area contributed by atoms with E-state index < -0.39 is 0 Å². The third-order valence-electron chi connectivity index (χ3n) is 1.13. The number of nitrogens with zero attached hydrogens (tertiary/aromatic N) is 1. The van der Waals surface area contributed by atoms with E-state index in [2.05, 4.69) is 10.3 Å². The molecule has 0 aromatic carbocycles. The van der Waals surface area contributed by atoms with Crippen LogP contribution in [0.25, 0.3) is 0 Å². The summed E-state index contributed by atoms with van der Waals surface area (Å²) in [6.07, 6.45) is 5.13. The van der Waals surface area contributed by atoms with Gasteiger partial charge < -0.3 is 5.32 Å². The third-order valence-corrected chi connectivity index (χ3v) is 1.13. The summed E-state index contributed by atoms with van der Waals surface area (Å²) in [5.41, 5.74) is 0.944. The molecular formula is C6H8N2O. The zero-order valence-corrected chi connectivity index (χ0v) is 5.00. The lowest BCUT2D eigenvalue weighted by molar-refractivity contribution is -0.108. The van der Waals surface area contributed by atoms with Gasteiger partial charge in [0.15, 0.2) is 0 Å². The van der Waals surface area contributed by atoms with Crippen LogP contribution >= 0.6 is 0 Å². The van der Waals surface area contributed by atoms with Crippen molar-refractivity contribution in [3.05, 3.63) is 11.8 Å². The highest BCUT2D eigenvalue weighted by Crippen LogP contribution is 1.97. The summed E-state index contributed by atoms with van der Waals surface area (Å²) in [7, 11) is 0. The second-order valence-corrected chi connectivity index (χ2v) is 1.74.